The molecule has 9 heteroatoms. The lowest BCUT2D eigenvalue weighted by Gasteiger charge is -2.24. The number of benzene rings is 2. The second-order valence-electron chi connectivity index (χ2n) is 6.29. The number of carboxylic acid groups (broad SMARTS) is 1. The number of carbonyl (C=O) groups excluding carboxylic acids is 1. The zero-order valence-corrected chi connectivity index (χ0v) is 15.5. The minimum Gasteiger partial charge on any atom is -0.477 e. The summed E-state index contributed by atoms with van der Waals surface area (Å²) in [5.74, 6) is -2.19. The molecule has 1 amide bonds. The third-order valence-electron chi connectivity index (χ3n) is 4.45. The lowest BCUT2D eigenvalue weighted by atomic mass is 10.0. The molecular weight excluding hydrogens is 399 g/mol. The molecule has 0 saturated heterocycles. The van der Waals surface area contributed by atoms with E-state index in [-0.39, 0.29) is 22.8 Å². The Morgan fingerprint density at radius 1 is 1.17 bits per heavy atom. The number of anilines is 2. The van der Waals surface area contributed by atoms with E-state index in [0.717, 1.165) is 5.56 Å². The van der Waals surface area contributed by atoms with E-state index in [0.29, 0.717) is 5.02 Å². The van der Waals surface area contributed by atoms with Crippen molar-refractivity contribution in [2.24, 2.45) is 0 Å². The van der Waals surface area contributed by atoms with Crippen LogP contribution in [-0.2, 0) is 4.79 Å². The van der Waals surface area contributed by atoms with Gasteiger partial charge in [-0.3, -0.25) is 4.79 Å². The molecule has 29 heavy (non-hydrogen) atoms. The Labute approximate surface area is 169 Å². The normalized spacial score (nSPS) is 15.1. The summed E-state index contributed by atoms with van der Waals surface area (Å²) in [4.78, 5) is 24.3. The van der Waals surface area contributed by atoms with Crippen molar-refractivity contribution in [1.82, 2.24) is 9.78 Å². The predicted octanol–water partition coefficient (Wildman–Crippen LogP) is 3.91. The van der Waals surface area contributed by atoms with Crippen LogP contribution in [0.3, 0.4) is 0 Å². The first kappa shape index (κ1) is 18.7. The number of fused-ring (bicyclic) bond motifs is 1. The van der Waals surface area contributed by atoms with E-state index < -0.39 is 23.7 Å². The smallest absolute Gasteiger partial charge is 0.352 e. The van der Waals surface area contributed by atoms with Crippen molar-refractivity contribution in [2.45, 2.75) is 6.04 Å². The number of amides is 1. The van der Waals surface area contributed by atoms with Gasteiger partial charge in [0.15, 0.2) is 0 Å². The van der Waals surface area contributed by atoms with E-state index in [9.17, 15) is 19.1 Å². The lowest BCUT2D eigenvalue weighted by molar-refractivity contribution is -0.132. The number of para-hydroxylation sites is 1. The molecule has 4 rings (SSSR count). The number of halogens is 2. The minimum atomic E-state index is -1.18. The summed E-state index contributed by atoms with van der Waals surface area (Å²) in [5.41, 5.74) is 0.730. The topological polar surface area (TPSA) is 96.2 Å². The summed E-state index contributed by atoms with van der Waals surface area (Å²) in [6, 6.07) is 12.0. The predicted molar refractivity (Wildman–Crippen MR) is 106 cm³/mol. The van der Waals surface area contributed by atoms with Gasteiger partial charge < -0.3 is 15.7 Å². The summed E-state index contributed by atoms with van der Waals surface area (Å²) in [5, 5.41) is 19.5. The number of nitrogens with one attached hydrogen (secondary N) is 2. The van der Waals surface area contributed by atoms with Crippen molar-refractivity contribution in [1.29, 1.82) is 0 Å². The largest absolute Gasteiger partial charge is 0.477 e. The van der Waals surface area contributed by atoms with Gasteiger partial charge in [0.25, 0.3) is 5.91 Å². The van der Waals surface area contributed by atoms with Crippen LogP contribution >= 0.6 is 11.6 Å². The van der Waals surface area contributed by atoms with Crippen molar-refractivity contribution < 1.29 is 19.1 Å². The summed E-state index contributed by atoms with van der Waals surface area (Å²) in [6.45, 7) is 0. The van der Waals surface area contributed by atoms with Crippen LogP contribution in [0.15, 0.2) is 66.5 Å². The van der Waals surface area contributed by atoms with Crippen molar-refractivity contribution in [2.75, 3.05) is 10.6 Å². The third kappa shape index (κ3) is 3.57. The molecule has 3 N–H and O–H groups in total. The molecule has 1 atom stereocenters. The summed E-state index contributed by atoms with van der Waals surface area (Å²) >= 11 is 5.94. The molecule has 2 heterocycles. The van der Waals surface area contributed by atoms with Gasteiger partial charge in [0.1, 0.15) is 22.9 Å². The molecule has 0 saturated carbocycles. The monoisotopic (exact) mass is 412 g/mol. The average Bonchev–Trinajstić information content (AvgIpc) is 3.14. The van der Waals surface area contributed by atoms with Crippen LogP contribution < -0.4 is 10.6 Å². The molecular formula is C20H14ClFN4O3. The molecule has 1 aliphatic heterocycles. The SMILES string of the molecule is O=C(O)C1=C[C@@H](c2ccc(Cl)cc2)n2ncc(C(=O)Nc3ccccc3F)c2N1. The Bertz CT molecular complexity index is 1140. The van der Waals surface area contributed by atoms with Crippen molar-refractivity contribution in [3.8, 4) is 0 Å². The number of nitrogens with zero attached hydrogens (tertiary/aromatic N) is 2. The summed E-state index contributed by atoms with van der Waals surface area (Å²) in [7, 11) is 0. The number of carbonyl (C=O) groups is 2. The minimum absolute atomic E-state index is 0.0107. The maximum absolute atomic E-state index is 13.9. The highest BCUT2D eigenvalue weighted by Gasteiger charge is 2.29. The molecule has 0 spiro atoms. The van der Waals surface area contributed by atoms with Gasteiger partial charge in [0.05, 0.1) is 17.9 Å². The fourth-order valence-electron chi connectivity index (χ4n) is 3.04. The van der Waals surface area contributed by atoms with Gasteiger partial charge in [-0.15, -0.1) is 0 Å². The first-order chi connectivity index (χ1) is 13.9. The van der Waals surface area contributed by atoms with E-state index in [1.165, 1.54) is 35.2 Å². The lowest BCUT2D eigenvalue weighted by Crippen LogP contribution is -2.25. The number of aliphatic carboxylic acids is 1. The van der Waals surface area contributed by atoms with Gasteiger partial charge in [-0.25, -0.2) is 13.9 Å². The highest BCUT2D eigenvalue weighted by Crippen LogP contribution is 2.33. The van der Waals surface area contributed by atoms with Crippen LogP contribution in [0.2, 0.25) is 5.02 Å². The van der Waals surface area contributed by atoms with E-state index in [4.69, 9.17) is 11.6 Å². The molecule has 1 aromatic heterocycles. The van der Waals surface area contributed by atoms with E-state index in [1.807, 2.05) is 0 Å². The van der Waals surface area contributed by atoms with Crippen molar-refractivity contribution in [3.63, 3.8) is 0 Å². The number of hydrogen-bond acceptors (Lipinski definition) is 4. The van der Waals surface area contributed by atoms with E-state index >= 15 is 0 Å². The van der Waals surface area contributed by atoms with Gasteiger partial charge >= 0.3 is 5.97 Å². The molecule has 0 fully saturated rings. The van der Waals surface area contributed by atoms with Crippen LogP contribution in [-0.4, -0.2) is 26.8 Å². The molecule has 0 bridgehead atoms. The molecule has 3 aromatic rings. The highest BCUT2D eigenvalue weighted by atomic mass is 35.5. The third-order valence-corrected chi connectivity index (χ3v) is 4.70. The number of carboxylic acids is 1. The second kappa shape index (κ2) is 7.40. The standard InChI is InChI=1S/C20H14ClFN4O3/c21-12-7-5-11(6-8-12)17-9-16(20(28)29)24-18-13(10-23-26(17)18)19(27)25-15-4-2-1-3-14(15)22/h1-10,17,24H,(H,25,27)(H,28,29)/t17-/m0/s1. The Morgan fingerprint density at radius 2 is 1.90 bits per heavy atom. The van der Waals surface area contributed by atoms with Gasteiger partial charge in [-0.2, -0.15) is 5.10 Å². The molecule has 146 valence electrons. The molecule has 0 aliphatic carbocycles. The van der Waals surface area contributed by atoms with Crippen LogP contribution in [0.5, 0.6) is 0 Å². The number of allylic oxidation sites excluding steroid dienone is 1. The van der Waals surface area contributed by atoms with Crippen LogP contribution in [0.25, 0.3) is 0 Å². The zero-order valence-electron chi connectivity index (χ0n) is 14.8. The Balaban J connectivity index is 1.73. The average molecular weight is 413 g/mol. The number of aromatic nitrogens is 2. The number of hydrogen-bond donors (Lipinski definition) is 3. The van der Waals surface area contributed by atoms with Gasteiger partial charge in [-0.05, 0) is 35.9 Å². The first-order valence-electron chi connectivity index (χ1n) is 8.55. The van der Waals surface area contributed by atoms with Crippen LogP contribution in [0, 0.1) is 5.82 Å². The zero-order chi connectivity index (χ0) is 20.5. The maximum atomic E-state index is 13.9. The Kier molecular flexibility index (Phi) is 4.77. The van der Waals surface area contributed by atoms with E-state index in [1.54, 1.807) is 30.3 Å². The molecule has 2 aromatic carbocycles. The van der Waals surface area contributed by atoms with Crippen molar-refractivity contribution >= 4 is 35.0 Å². The molecule has 7 nitrogen and oxygen atoms in total. The quantitative estimate of drug-likeness (QED) is 0.603. The molecule has 1 aliphatic rings. The summed E-state index contributed by atoms with van der Waals surface area (Å²) in [6.07, 6.45) is 2.80. The number of rotatable bonds is 4. The first-order valence-corrected chi connectivity index (χ1v) is 8.93. The Morgan fingerprint density at radius 3 is 2.59 bits per heavy atom. The molecule has 0 radical (unpaired) electrons. The van der Waals surface area contributed by atoms with Gasteiger partial charge in [-0.1, -0.05) is 35.9 Å². The van der Waals surface area contributed by atoms with Gasteiger partial charge in [0.2, 0.25) is 0 Å². The Hall–Kier alpha value is -3.65. The highest BCUT2D eigenvalue weighted by molar-refractivity contribution is 6.30. The fraction of sp³-hybridized carbons (Fsp3) is 0.0500. The van der Waals surface area contributed by atoms with Gasteiger partial charge in [0, 0.05) is 5.02 Å². The van der Waals surface area contributed by atoms with E-state index in [2.05, 4.69) is 15.7 Å². The molecule has 0 unspecified atom stereocenters. The van der Waals surface area contributed by atoms with Crippen molar-refractivity contribution in [3.05, 3.63) is 88.5 Å². The second-order valence-corrected chi connectivity index (χ2v) is 6.73. The van der Waals surface area contributed by atoms with Crippen LogP contribution in [0.1, 0.15) is 22.0 Å². The summed E-state index contributed by atoms with van der Waals surface area (Å²) < 4.78 is 15.4. The maximum Gasteiger partial charge on any atom is 0.352 e. The van der Waals surface area contributed by atoms with Crippen LogP contribution in [0.4, 0.5) is 15.9 Å². The fourth-order valence-corrected chi connectivity index (χ4v) is 3.16.